The average Bonchev–Trinajstić information content (AvgIpc) is 3.13. The fraction of sp³-hybridized carbons (Fsp3) is 0.650. The molecule has 1 aromatic carbocycles. The Morgan fingerprint density at radius 3 is 2.79 bits per heavy atom. The standard InChI is InChI=1S/C20H32N4O3.HI/c1-21-20(22-8-10-26-13-12-25-2)24-15-18-19(16-24)27-11-9-23(18)14-17-6-4-3-5-7-17;/h3-7,18-19H,8-16H2,1-2H3,(H,21,22);1H. The smallest absolute Gasteiger partial charge is 0.193 e. The third-order valence-electron chi connectivity index (χ3n) is 5.12. The monoisotopic (exact) mass is 504 g/mol. The Morgan fingerprint density at radius 2 is 2.04 bits per heavy atom. The van der Waals surface area contributed by atoms with Crippen molar-refractivity contribution >= 4 is 29.9 Å². The summed E-state index contributed by atoms with van der Waals surface area (Å²) in [6.07, 6.45) is 0.235. The Hall–Kier alpha value is -0.940. The van der Waals surface area contributed by atoms with Gasteiger partial charge in [-0.2, -0.15) is 0 Å². The fourth-order valence-electron chi connectivity index (χ4n) is 3.76. The summed E-state index contributed by atoms with van der Waals surface area (Å²) in [6.45, 7) is 7.16. The van der Waals surface area contributed by atoms with Gasteiger partial charge in [-0.15, -0.1) is 24.0 Å². The average molecular weight is 504 g/mol. The lowest BCUT2D eigenvalue weighted by Crippen LogP contribution is -2.50. The van der Waals surface area contributed by atoms with Crippen LogP contribution < -0.4 is 5.32 Å². The van der Waals surface area contributed by atoms with Crippen LogP contribution >= 0.6 is 24.0 Å². The van der Waals surface area contributed by atoms with Gasteiger partial charge in [-0.1, -0.05) is 30.3 Å². The minimum Gasteiger partial charge on any atom is -0.382 e. The van der Waals surface area contributed by atoms with Gasteiger partial charge in [0.2, 0.25) is 0 Å². The lowest BCUT2D eigenvalue weighted by atomic mass is 10.1. The van der Waals surface area contributed by atoms with E-state index in [4.69, 9.17) is 14.2 Å². The molecule has 2 aliphatic rings. The summed E-state index contributed by atoms with van der Waals surface area (Å²) in [7, 11) is 3.51. The topological polar surface area (TPSA) is 58.6 Å². The number of aliphatic imine (C=N–C) groups is 1. The summed E-state index contributed by atoms with van der Waals surface area (Å²) in [5.74, 6) is 0.919. The molecule has 2 heterocycles. The normalized spacial score (nSPS) is 22.6. The van der Waals surface area contributed by atoms with Crippen LogP contribution in [-0.2, 0) is 20.8 Å². The highest BCUT2D eigenvalue weighted by Gasteiger charge is 2.41. The van der Waals surface area contributed by atoms with E-state index in [0.29, 0.717) is 25.9 Å². The maximum atomic E-state index is 6.06. The summed E-state index contributed by atoms with van der Waals surface area (Å²) in [4.78, 5) is 9.29. The number of halogens is 1. The maximum absolute atomic E-state index is 6.06. The van der Waals surface area contributed by atoms with E-state index in [9.17, 15) is 0 Å². The zero-order valence-corrected chi connectivity index (χ0v) is 19.2. The Kier molecular flexibility index (Phi) is 10.5. The minimum absolute atomic E-state index is 0. The van der Waals surface area contributed by atoms with Gasteiger partial charge >= 0.3 is 0 Å². The van der Waals surface area contributed by atoms with Crippen LogP contribution in [0.2, 0.25) is 0 Å². The fourth-order valence-corrected chi connectivity index (χ4v) is 3.76. The van der Waals surface area contributed by atoms with E-state index in [-0.39, 0.29) is 30.1 Å². The number of ether oxygens (including phenoxy) is 3. The van der Waals surface area contributed by atoms with Gasteiger partial charge in [-0.25, -0.2) is 0 Å². The summed E-state index contributed by atoms with van der Waals surface area (Å²) in [5.41, 5.74) is 1.35. The third kappa shape index (κ3) is 6.55. The van der Waals surface area contributed by atoms with Gasteiger partial charge < -0.3 is 24.4 Å². The van der Waals surface area contributed by atoms with Crippen LogP contribution in [-0.4, -0.2) is 94.7 Å². The van der Waals surface area contributed by atoms with Gasteiger partial charge in [0.15, 0.2) is 5.96 Å². The van der Waals surface area contributed by atoms with Crippen LogP contribution in [0.3, 0.4) is 0 Å². The van der Waals surface area contributed by atoms with Crippen molar-refractivity contribution in [3.05, 3.63) is 35.9 Å². The van der Waals surface area contributed by atoms with Crippen molar-refractivity contribution < 1.29 is 14.2 Å². The molecule has 7 nitrogen and oxygen atoms in total. The Bertz CT molecular complexity index is 590. The number of nitrogens with zero attached hydrogens (tertiary/aromatic N) is 3. The van der Waals surface area contributed by atoms with Gasteiger partial charge in [0.1, 0.15) is 0 Å². The van der Waals surface area contributed by atoms with Crippen molar-refractivity contribution in [3.63, 3.8) is 0 Å². The molecule has 1 N–H and O–H groups in total. The molecule has 0 saturated carbocycles. The number of methoxy groups -OCH3 is 1. The van der Waals surface area contributed by atoms with Crippen LogP contribution in [0.15, 0.2) is 35.3 Å². The maximum Gasteiger partial charge on any atom is 0.193 e. The molecule has 0 aromatic heterocycles. The minimum atomic E-state index is 0. The summed E-state index contributed by atoms with van der Waals surface area (Å²) >= 11 is 0. The molecule has 0 amide bonds. The number of guanidine groups is 1. The SMILES string of the molecule is CN=C(NCCOCCOC)N1CC2OCCN(Cc3ccccc3)C2C1.I. The van der Waals surface area contributed by atoms with Crippen molar-refractivity contribution in [2.45, 2.75) is 18.7 Å². The lowest BCUT2D eigenvalue weighted by Gasteiger charge is -2.36. The van der Waals surface area contributed by atoms with Gasteiger partial charge in [-0.05, 0) is 5.56 Å². The first-order chi connectivity index (χ1) is 13.3. The van der Waals surface area contributed by atoms with Crippen molar-refractivity contribution in [2.75, 3.05) is 66.8 Å². The van der Waals surface area contributed by atoms with Crippen LogP contribution in [0, 0.1) is 0 Å². The van der Waals surface area contributed by atoms with Gasteiger partial charge in [-0.3, -0.25) is 9.89 Å². The first kappa shape index (κ1) is 23.3. The van der Waals surface area contributed by atoms with Crippen LogP contribution in [0.25, 0.3) is 0 Å². The van der Waals surface area contributed by atoms with E-state index in [1.54, 1.807) is 7.11 Å². The lowest BCUT2D eigenvalue weighted by molar-refractivity contribution is -0.0502. The highest BCUT2D eigenvalue weighted by molar-refractivity contribution is 14.0. The number of nitrogens with one attached hydrogen (secondary N) is 1. The molecule has 2 atom stereocenters. The number of benzene rings is 1. The second-order valence-corrected chi connectivity index (χ2v) is 6.92. The molecular formula is C20H33IN4O3. The molecule has 158 valence electrons. The highest BCUT2D eigenvalue weighted by Crippen LogP contribution is 2.24. The molecule has 0 aliphatic carbocycles. The second kappa shape index (κ2) is 12.6. The van der Waals surface area contributed by atoms with Crippen molar-refractivity contribution in [3.8, 4) is 0 Å². The van der Waals surface area contributed by atoms with Gasteiger partial charge in [0.25, 0.3) is 0 Å². The molecule has 0 bridgehead atoms. The molecule has 0 spiro atoms. The van der Waals surface area contributed by atoms with E-state index >= 15 is 0 Å². The van der Waals surface area contributed by atoms with E-state index < -0.39 is 0 Å². The Balaban J connectivity index is 0.00000280. The Labute approximate surface area is 185 Å². The quantitative estimate of drug-likeness (QED) is 0.250. The van der Waals surface area contributed by atoms with Crippen LogP contribution in [0.5, 0.6) is 0 Å². The predicted molar refractivity (Wildman–Crippen MR) is 121 cm³/mol. The van der Waals surface area contributed by atoms with Crippen LogP contribution in [0.1, 0.15) is 5.56 Å². The number of morpholine rings is 1. The zero-order valence-electron chi connectivity index (χ0n) is 16.9. The number of likely N-dealkylation sites (tertiary alicyclic amines) is 1. The van der Waals surface area contributed by atoms with Gasteiger partial charge in [0.05, 0.1) is 38.6 Å². The first-order valence-corrected chi connectivity index (χ1v) is 9.73. The molecule has 2 aliphatic heterocycles. The number of fused-ring (bicyclic) bond motifs is 1. The van der Waals surface area contributed by atoms with E-state index in [2.05, 4.69) is 50.4 Å². The van der Waals surface area contributed by atoms with E-state index in [1.807, 2.05) is 7.05 Å². The number of hydrogen-bond donors (Lipinski definition) is 1. The molecular weight excluding hydrogens is 471 g/mol. The molecule has 3 rings (SSSR count). The van der Waals surface area contributed by atoms with Gasteiger partial charge in [0, 0.05) is 46.9 Å². The first-order valence-electron chi connectivity index (χ1n) is 9.73. The van der Waals surface area contributed by atoms with Crippen molar-refractivity contribution in [1.29, 1.82) is 0 Å². The van der Waals surface area contributed by atoms with Crippen LogP contribution in [0.4, 0.5) is 0 Å². The van der Waals surface area contributed by atoms with E-state index in [0.717, 1.165) is 45.3 Å². The molecule has 8 heteroatoms. The molecule has 0 radical (unpaired) electrons. The molecule has 2 unspecified atom stereocenters. The largest absolute Gasteiger partial charge is 0.382 e. The highest BCUT2D eigenvalue weighted by atomic mass is 127. The summed E-state index contributed by atoms with van der Waals surface area (Å²) in [5, 5.41) is 3.40. The predicted octanol–water partition coefficient (Wildman–Crippen LogP) is 1.43. The molecule has 28 heavy (non-hydrogen) atoms. The Morgan fingerprint density at radius 1 is 1.21 bits per heavy atom. The van der Waals surface area contributed by atoms with Crippen molar-refractivity contribution in [2.24, 2.45) is 4.99 Å². The summed E-state index contributed by atoms with van der Waals surface area (Å²) < 4.78 is 16.6. The van der Waals surface area contributed by atoms with E-state index in [1.165, 1.54) is 5.56 Å². The molecule has 1 aromatic rings. The number of hydrogen-bond acceptors (Lipinski definition) is 5. The number of rotatable bonds is 8. The molecule has 2 saturated heterocycles. The second-order valence-electron chi connectivity index (χ2n) is 6.92. The third-order valence-corrected chi connectivity index (χ3v) is 5.12. The zero-order chi connectivity index (χ0) is 18.9. The molecule has 2 fully saturated rings. The summed E-state index contributed by atoms with van der Waals surface area (Å²) in [6, 6.07) is 11.1. The van der Waals surface area contributed by atoms with Crippen molar-refractivity contribution in [1.82, 2.24) is 15.1 Å².